The zero-order valence-corrected chi connectivity index (χ0v) is 8.95. The summed E-state index contributed by atoms with van der Waals surface area (Å²) in [5.41, 5.74) is 1.10. The third kappa shape index (κ3) is 1.66. The summed E-state index contributed by atoms with van der Waals surface area (Å²) < 4.78 is 3.40. The fraction of sp³-hybridized carbons (Fsp3) is 0.0833. The molecule has 0 spiro atoms. The van der Waals surface area contributed by atoms with Crippen molar-refractivity contribution in [3.63, 3.8) is 0 Å². The Morgan fingerprint density at radius 1 is 1.07 bits per heavy atom. The van der Waals surface area contributed by atoms with E-state index in [1.807, 2.05) is 18.2 Å². The van der Waals surface area contributed by atoms with Crippen LogP contribution in [0.1, 0.15) is 5.01 Å². The van der Waals surface area contributed by atoms with Crippen molar-refractivity contribution in [1.29, 1.82) is 0 Å². The number of aromatic nitrogens is 2. The average molecular weight is 214 g/mol. The lowest BCUT2D eigenvalue weighted by Gasteiger charge is -1.96. The van der Waals surface area contributed by atoms with Gasteiger partial charge in [-0.05, 0) is 24.3 Å². The number of hydrogen-bond acceptors (Lipinski definition) is 2. The van der Waals surface area contributed by atoms with E-state index in [1.165, 1.54) is 4.70 Å². The summed E-state index contributed by atoms with van der Waals surface area (Å²) >= 11 is 1.76. The molecule has 15 heavy (non-hydrogen) atoms. The highest BCUT2D eigenvalue weighted by atomic mass is 32.1. The molecule has 3 aromatic rings. The third-order valence-electron chi connectivity index (χ3n) is 2.32. The summed E-state index contributed by atoms with van der Waals surface area (Å²) in [6.07, 6.45) is 4.12. The van der Waals surface area contributed by atoms with Gasteiger partial charge in [0, 0.05) is 12.4 Å². The van der Waals surface area contributed by atoms with Crippen LogP contribution in [0.4, 0.5) is 0 Å². The summed E-state index contributed by atoms with van der Waals surface area (Å²) in [5, 5.41) is 1.16. The van der Waals surface area contributed by atoms with E-state index in [2.05, 4.69) is 40.1 Å². The molecule has 2 nitrogen and oxygen atoms in total. The maximum atomic E-state index is 4.59. The molecule has 0 aliphatic rings. The van der Waals surface area contributed by atoms with Gasteiger partial charge in [0.1, 0.15) is 5.01 Å². The molecule has 2 heterocycles. The van der Waals surface area contributed by atoms with Crippen LogP contribution < -0.4 is 0 Å². The van der Waals surface area contributed by atoms with E-state index in [9.17, 15) is 0 Å². The Bertz CT molecular complexity index is 533. The van der Waals surface area contributed by atoms with Gasteiger partial charge in [0.15, 0.2) is 0 Å². The first kappa shape index (κ1) is 8.68. The van der Waals surface area contributed by atoms with E-state index in [4.69, 9.17) is 0 Å². The lowest BCUT2D eigenvalue weighted by atomic mass is 10.3. The summed E-state index contributed by atoms with van der Waals surface area (Å²) in [6, 6.07) is 12.3. The van der Waals surface area contributed by atoms with E-state index >= 15 is 0 Å². The molecule has 0 aliphatic heterocycles. The second-order valence-electron chi connectivity index (χ2n) is 3.43. The minimum absolute atomic E-state index is 0.867. The van der Waals surface area contributed by atoms with Crippen molar-refractivity contribution < 1.29 is 0 Å². The maximum Gasteiger partial charge on any atom is 0.114 e. The minimum Gasteiger partial charge on any atom is -0.347 e. The number of fused-ring (bicyclic) bond motifs is 1. The van der Waals surface area contributed by atoms with Gasteiger partial charge in [-0.2, -0.15) is 0 Å². The summed E-state index contributed by atoms with van der Waals surface area (Å²) in [5.74, 6) is 0. The van der Waals surface area contributed by atoms with Crippen LogP contribution in [0.15, 0.2) is 48.8 Å². The van der Waals surface area contributed by atoms with Gasteiger partial charge < -0.3 is 4.57 Å². The molecule has 0 amide bonds. The third-order valence-corrected chi connectivity index (χ3v) is 3.34. The molecular weight excluding hydrogens is 204 g/mol. The van der Waals surface area contributed by atoms with Crippen molar-refractivity contribution in [3.8, 4) is 0 Å². The number of benzene rings is 1. The van der Waals surface area contributed by atoms with Crippen LogP contribution in [0.5, 0.6) is 0 Å². The smallest absolute Gasteiger partial charge is 0.114 e. The standard InChI is InChI=1S/C12H10N2S/c1-2-6-11-10(5-1)13-12(15-11)9-14-7-3-4-8-14/h1-8H,9H2. The average Bonchev–Trinajstić information content (AvgIpc) is 2.86. The van der Waals surface area contributed by atoms with Gasteiger partial charge in [0.05, 0.1) is 16.8 Å². The zero-order valence-electron chi connectivity index (χ0n) is 8.13. The Morgan fingerprint density at radius 3 is 2.67 bits per heavy atom. The monoisotopic (exact) mass is 214 g/mol. The Hall–Kier alpha value is -1.61. The van der Waals surface area contributed by atoms with E-state index in [0.717, 1.165) is 17.1 Å². The highest BCUT2D eigenvalue weighted by Crippen LogP contribution is 2.21. The topological polar surface area (TPSA) is 17.8 Å². The fourth-order valence-electron chi connectivity index (χ4n) is 1.62. The van der Waals surface area contributed by atoms with Crippen molar-refractivity contribution in [2.45, 2.75) is 6.54 Å². The van der Waals surface area contributed by atoms with Crippen LogP contribution in [0.3, 0.4) is 0 Å². The lowest BCUT2D eigenvalue weighted by Crippen LogP contribution is -1.94. The maximum absolute atomic E-state index is 4.59. The molecule has 0 fully saturated rings. The molecule has 0 radical (unpaired) electrons. The molecular formula is C12H10N2S. The van der Waals surface area contributed by atoms with Gasteiger partial charge in [0.2, 0.25) is 0 Å². The van der Waals surface area contributed by atoms with Gasteiger partial charge in [-0.25, -0.2) is 4.98 Å². The first-order valence-corrected chi connectivity index (χ1v) is 5.69. The molecule has 0 unspecified atom stereocenters. The van der Waals surface area contributed by atoms with Crippen molar-refractivity contribution >= 4 is 21.6 Å². The number of nitrogens with zero attached hydrogens (tertiary/aromatic N) is 2. The van der Waals surface area contributed by atoms with Gasteiger partial charge in [0.25, 0.3) is 0 Å². The van der Waals surface area contributed by atoms with Gasteiger partial charge in [-0.1, -0.05) is 12.1 Å². The second kappa shape index (κ2) is 3.51. The fourth-order valence-corrected chi connectivity index (χ4v) is 2.60. The number of rotatable bonds is 2. The van der Waals surface area contributed by atoms with Gasteiger partial charge in [-0.3, -0.25) is 0 Å². The second-order valence-corrected chi connectivity index (χ2v) is 4.55. The predicted octanol–water partition coefficient (Wildman–Crippen LogP) is 3.15. The van der Waals surface area contributed by atoms with Crippen LogP contribution in [-0.4, -0.2) is 9.55 Å². The van der Waals surface area contributed by atoms with Crippen LogP contribution in [-0.2, 0) is 6.54 Å². The summed E-state index contributed by atoms with van der Waals surface area (Å²) in [4.78, 5) is 4.59. The first-order valence-electron chi connectivity index (χ1n) is 4.87. The van der Waals surface area contributed by atoms with Crippen LogP contribution in [0.25, 0.3) is 10.2 Å². The molecule has 0 saturated carbocycles. The lowest BCUT2D eigenvalue weighted by molar-refractivity contribution is 0.801. The number of para-hydroxylation sites is 1. The molecule has 0 atom stereocenters. The van der Waals surface area contributed by atoms with Crippen molar-refractivity contribution in [2.75, 3.05) is 0 Å². The molecule has 3 heteroatoms. The molecule has 0 N–H and O–H groups in total. The Kier molecular flexibility index (Phi) is 2.03. The quantitative estimate of drug-likeness (QED) is 0.640. The number of hydrogen-bond donors (Lipinski definition) is 0. The molecule has 1 aromatic carbocycles. The van der Waals surface area contributed by atoms with Crippen molar-refractivity contribution in [1.82, 2.24) is 9.55 Å². The van der Waals surface area contributed by atoms with Gasteiger partial charge in [-0.15, -0.1) is 11.3 Å². The first-order chi connectivity index (χ1) is 7.42. The largest absolute Gasteiger partial charge is 0.347 e. The molecule has 0 bridgehead atoms. The highest BCUT2D eigenvalue weighted by Gasteiger charge is 2.02. The summed E-state index contributed by atoms with van der Waals surface area (Å²) in [7, 11) is 0. The van der Waals surface area contributed by atoms with E-state index in [-0.39, 0.29) is 0 Å². The van der Waals surface area contributed by atoms with E-state index in [0.29, 0.717) is 0 Å². The SMILES string of the molecule is c1ccc2sc(Cn3cccc3)nc2c1. The highest BCUT2D eigenvalue weighted by molar-refractivity contribution is 7.18. The number of thiazole rings is 1. The van der Waals surface area contributed by atoms with Crippen molar-refractivity contribution in [3.05, 3.63) is 53.8 Å². The summed E-state index contributed by atoms with van der Waals surface area (Å²) in [6.45, 7) is 0.867. The zero-order chi connectivity index (χ0) is 10.1. The molecule has 0 aliphatic carbocycles. The van der Waals surface area contributed by atoms with Crippen molar-refractivity contribution in [2.24, 2.45) is 0 Å². The van der Waals surface area contributed by atoms with E-state index in [1.54, 1.807) is 11.3 Å². The molecule has 0 saturated heterocycles. The van der Waals surface area contributed by atoms with Crippen LogP contribution in [0.2, 0.25) is 0 Å². The molecule has 2 aromatic heterocycles. The van der Waals surface area contributed by atoms with Gasteiger partial charge >= 0.3 is 0 Å². The molecule has 74 valence electrons. The Balaban J connectivity index is 1.98. The van der Waals surface area contributed by atoms with Crippen LogP contribution in [0, 0.1) is 0 Å². The predicted molar refractivity (Wildman–Crippen MR) is 63.2 cm³/mol. The Morgan fingerprint density at radius 2 is 1.87 bits per heavy atom. The minimum atomic E-state index is 0.867. The van der Waals surface area contributed by atoms with E-state index < -0.39 is 0 Å². The van der Waals surface area contributed by atoms with Crippen LogP contribution >= 0.6 is 11.3 Å². The normalized spacial score (nSPS) is 10.9. The Labute approximate surface area is 91.8 Å². The molecule has 3 rings (SSSR count).